The van der Waals surface area contributed by atoms with Crippen molar-refractivity contribution in [1.29, 1.82) is 0 Å². The van der Waals surface area contributed by atoms with Crippen LogP contribution >= 0.6 is 0 Å². The van der Waals surface area contributed by atoms with Crippen LogP contribution in [0.5, 0.6) is 5.75 Å². The van der Waals surface area contributed by atoms with E-state index in [1.54, 1.807) is 0 Å². The summed E-state index contributed by atoms with van der Waals surface area (Å²) >= 11 is 0. The third-order valence-electron chi connectivity index (χ3n) is 3.01. The summed E-state index contributed by atoms with van der Waals surface area (Å²) in [5.74, 6) is -0.102. The van der Waals surface area contributed by atoms with E-state index >= 15 is 0 Å². The van der Waals surface area contributed by atoms with Gasteiger partial charge >= 0.3 is 5.97 Å². The molecule has 0 aliphatic carbocycles. The first-order valence-electron chi connectivity index (χ1n) is 6.25. The van der Waals surface area contributed by atoms with Crippen LogP contribution in [0.15, 0.2) is 36.4 Å². The van der Waals surface area contributed by atoms with Crippen molar-refractivity contribution >= 4 is 16.7 Å². The number of carboxylic acids is 1. The lowest BCUT2D eigenvalue weighted by Gasteiger charge is -2.15. The summed E-state index contributed by atoms with van der Waals surface area (Å²) < 4.78 is 5.58. The summed E-state index contributed by atoms with van der Waals surface area (Å²) in [4.78, 5) is 10.8. The number of fused-ring (bicyclic) bond motifs is 1. The third-order valence-corrected chi connectivity index (χ3v) is 3.01. The van der Waals surface area contributed by atoms with Crippen LogP contribution in [-0.2, 0) is 4.79 Å². The zero-order valence-electron chi connectivity index (χ0n) is 10.8. The van der Waals surface area contributed by atoms with Gasteiger partial charge in [0.15, 0.2) is 0 Å². The van der Waals surface area contributed by atoms with Gasteiger partial charge in [0.2, 0.25) is 0 Å². The predicted molar refractivity (Wildman–Crippen MR) is 74.3 cm³/mol. The third kappa shape index (κ3) is 2.85. The molecule has 4 nitrogen and oxygen atoms in total. The molecule has 1 atom stereocenters. The highest BCUT2D eigenvalue weighted by molar-refractivity contribution is 5.91. The van der Waals surface area contributed by atoms with Crippen molar-refractivity contribution in [3.8, 4) is 5.75 Å². The van der Waals surface area contributed by atoms with Crippen molar-refractivity contribution in [2.75, 3.05) is 6.61 Å². The Morgan fingerprint density at radius 3 is 2.58 bits per heavy atom. The van der Waals surface area contributed by atoms with Crippen LogP contribution in [0.25, 0.3) is 10.8 Å². The molecule has 0 amide bonds. The monoisotopic (exact) mass is 259 g/mol. The van der Waals surface area contributed by atoms with E-state index in [4.69, 9.17) is 15.6 Å². The van der Waals surface area contributed by atoms with Crippen molar-refractivity contribution in [1.82, 2.24) is 0 Å². The Morgan fingerprint density at radius 2 is 1.95 bits per heavy atom. The van der Waals surface area contributed by atoms with E-state index in [2.05, 4.69) is 0 Å². The van der Waals surface area contributed by atoms with E-state index in [1.807, 2.05) is 43.3 Å². The molecule has 100 valence electrons. The number of carboxylic acid groups (broad SMARTS) is 1. The Balaban J connectivity index is 2.51. The van der Waals surface area contributed by atoms with E-state index in [1.165, 1.54) is 0 Å². The van der Waals surface area contributed by atoms with E-state index in [-0.39, 0.29) is 6.42 Å². The number of benzene rings is 2. The number of rotatable bonds is 5. The second-order valence-corrected chi connectivity index (χ2v) is 4.34. The van der Waals surface area contributed by atoms with Crippen molar-refractivity contribution in [3.63, 3.8) is 0 Å². The van der Waals surface area contributed by atoms with E-state index in [9.17, 15) is 4.79 Å². The molecule has 0 fully saturated rings. The average molecular weight is 259 g/mol. The first-order chi connectivity index (χ1) is 9.13. The topological polar surface area (TPSA) is 72.5 Å². The second kappa shape index (κ2) is 5.71. The van der Waals surface area contributed by atoms with Crippen LogP contribution in [-0.4, -0.2) is 17.7 Å². The van der Waals surface area contributed by atoms with Crippen LogP contribution < -0.4 is 10.5 Å². The van der Waals surface area contributed by atoms with Gasteiger partial charge in [-0.3, -0.25) is 4.79 Å². The maximum absolute atomic E-state index is 10.8. The summed E-state index contributed by atoms with van der Waals surface area (Å²) in [5.41, 5.74) is 6.80. The molecule has 0 spiro atoms. The zero-order chi connectivity index (χ0) is 13.8. The molecular formula is C15H17NO3. The van der Waals surface area contributed by atoms with E-state index in [0.717, 1.165) is 22.1 Å². The number of hydrogen-bond acceptors (Lipinski definition) is 3. The van der Waals surface area contributed by atoms with Gasteiger partial charge in [0.05, 0.1) is 13.0 Å². The molecule has 2 rings (SSSR count). The number of aliphatic carboxylic acids is 1. The van der Waals surface area contributed by atoms with Crippen molar-refractivity contribution < 1.29 is 14.6 Å². The van der Waals surface area contributed by atoms with Crippen LogP contribution in [0.3, 0.4) is 0 Å². The molecule has 2 aromatic rings. The van der Waals surface area contributed by atoms with E-state index < -0.39 is 12.0 Å². The van der Waals surface area contributed by atoms with Crippen molar-refractivity contribution in [3.05, 3.63) is 42.0 Å². The summed E-state index contributed by atoms with van der Waals surface area (Å²) in [6.07, 6.45) is -0.0853. The normalized spacial score (nSPS) is 12.3. The quantitative estimate of drug-likeness (QED) is 0.866. The van der Waals surface area contributed by atoms with Gasteiger partial charge in [0.1, 0.15) is 5.75 Å². The molecule has 4 heteroatoms. The highest BCUT2D eigenvalue weighted by Crippen LogP contribution is 2.31. The Labute approximate surface area is 111 Å². The van der Waals surface area contributed by atoms with Gasteiger partial charge < -0.3 is 15.6 Å². The van der Waals surface area contributed by atoms with Crippen LogP contribution in [0.4, 0.5) is 0 Å². The minimum absolute atomic E-state index is 0.0853. The molecule has 0 aliphatic heterocycles. The largest absolute Gasteiger partial charge is 0.493 e. The Bertz CT molecular complexity index is 595. The maximum atomic E-state index is 10.8. The van der Waals surface area contributed by atoms with Gasteiger partial charge in [-0.05, 0) is 23.9 Å². The summed E-state index contributed by atoms with van der Waals surface area (Å²) in [5, 5.41) is 10.8. The Kier molecular flexibility index (Phi) is 4.02. The summed E-state index contributed by atoms with van der Waals surface area (Å²) in [6.45, 7) is 2.52. The van der Waals surface area contributed by atoms with Crippen molar-refractivity contribution in [2.45, 2.75) is 19.4 Å². The fourth-order valence-electron chi connectivity index (χ4n) is 2.20. The average Bonchev–Trinajstić information content (AvgIpc) is 2.38. The molecule has 2 aromatic carbocycles. The maximum Gasteiger partial charge on any atom is 0.305 e. The van der Waals surface area contributed by atoms with Crippen LogP contribution in [0.2, 0.25) is 0 Å². The lowest BCUT2D eigenvalue weighted by molar-refractivity contribution is -0.137. The number of ether oxygens (including phenoxy) is 1. The molecular weight excluding hydrogens is 242 g/mol. The van der Waals surface area contributed by atoms with Gasteiger partial charge in [0, 0.05) is 11.4 Å². The molecule has 0 aromatic heterocycles. The van der Waals surface area contributed by atoms with Gasteiger partial charge in [-0.2, -0.15) is 0 Å². The number of hydrogen-bond donors (Lipinski definition) is 2. The summed E-state index contributed by atoms with van der Waals surface area (Å²) in [7, 11) is 0. The van der Waals surface area contributed by atoms with Gasteiger partial charge in [-0.25, -0.2) is 0 Å². The highest BCUT2D eigenvalue weighted by Gasteiger charge is 2.15. The molecule has 0 aliphatic rings. The first-order valence-corrected chi connectivity index (χ1v) is 6.25. The lowest BCUT2D eigenvalue weighted by Crippen LogP contribution is -2.15. The number of nitrogens with two attached hydrogens (primary N) is 1. The summed E-state index contributed by atoms with van der Waals surface area (Å²) in [6, 6.07) is 10.9. The number of carbonyl (C=O) groups is 1. The first kappa shape index (κ1) is 13.4. The fourth-order valence-corrected chi connectivity index (χ4v) is 2.20. The van der Waals surface area contributed by atoms with Crippen LogP contribution in [0.1, 0.15) is 24.9 Å². The van der Waals surface area contributed by atoms with Crippen LogP contribution in [0, 0.1) is 0 Å². The molecule has 0 saturated heterocycles. The molecule has 0 heterocycles. The van der Waals surface area contributed by atoms with E-state index in [0.29, 0.717) is 6.61 Å². The molecule has 0 bridgehead atoms. The Morgan fingerprint density at radius 1 is 1.26 bits per heavy atom. The standard InChI is InChI=1S/C15H17NO3/c1-2-19-14-8-7-11(13(16)9-15(17)18)10-5-3-4-6-12(10)14/h3-8,13H,2,9,16H2,1H3,(H,17,18)/t13-/m0/s1. The Hall–Kier alpha value is -2.07. The smallest absolute Gasteiger partial charge is 0.305 e. The molecule has 0 radical (unpaired) electrons. The minimum atomic E-state index is -0.898. The molecule has 19 heavy (non-hydrogen) atoms. The van der Waals surface area contributed by atoms with Crippen molar-refractivity contribution in [2.24, 2.45) is 5.73 Å². The van der Waals surface area contributed by atoms with Gasteiger partial charge in [-0.15, -0.1) is 0 Å². The van der Waals surface area contributed by atoms with Gasteiger partial charge in [-0.1, -0.05) is 30.3 Å². The minimum Gasteiger partial charge on any atom is -0.493 e. The second-order valence-electron chi connectivity index (χ2n) is 4.34. The zero-order valence-corrected chi connectivity index (χ0v) is 10.8. The molecule has 0 saturated carbocycles. The predicted octanol–water partition coefficient (Wildman–Crippen LogP) is 2.71. The fraction of sp³-hybridized carbons (Fsp3) is 0.267. The molecule has 3 N–H and O–H groups in total. The van der Waals surface area contributed by atoms with Gasteiger partial charge in [0.25, 0.3) is 0 Å². The highest BCUT2D eigenvalue weighted by atomic mass is 16.5. The SMILES string of the molecule is CCOc1ccc([C@@H](N)CC(=O)O)c2ccccc12. The lowest BCUT2D eigenvalue weighted by atomic mass is 9.97. The molecule has 0 unspecified atom stereocenters.